The normalized spacial score (nSPS) is 23.3. The summed E-state index contributed by atoms with van der Waals surface area (Å²) in [6.45, 7) is 1.28. The summed E-state index contributed by atoms with van der Waals surface area (Å²) >= 11 is 0. The predicted molar refractivity (Wildman–Crippen MR) is 76.4 cm³/mol. The van der Waals surface area contributed by atoms with Gasteiger partial charge in [-0.2, -0.15) is 0 Å². The first-order valence-corrected chi connectivity index (χ1v) is 6.96. The number of ether oxygens (including phenoxy) is 1. The first-order chi connectivity index (χ1) is 9.38. The minimum absolute atomic E-state index is 0. The number of nitrogens with one attached hydrogen (secondary N) is 1. The van der Waals surface area contributed by atoms with E-state index >= 15 is 0 Å². The molecule has 23 heavy (non-hydrogen) atoms. The topological polar surface area (TPSA) is 162 Å². The fraction of sp³-hybridized carbons (Fsp3) is 0.545. The van der Waals surface area contributed by atoms with Crippen LogP contribution in [0.15, 0.2) is 15.8 Å². The van der Waals surface area contributed by atoms with E-state index in [4.69, 9.17) is 9.63 Å². The zero-order valence-corrected chi connectivity index (χ0v) is 17.6. The number of aryl methyl sites for hydroxylation is 1. The molecule has 10 nitrogen and oxygen atoms in total. The molecule has 1 aromatic rings. The Balaban J connectivity index is 0. The van der Waals surface area contributed by atoms with E-state index in [9.17, 15) is 19.3 Å². The van der Waals surface area contributed by atoms with Crippen molar-refractivity contribution in [2.45, 2.75) is 31.8 Å². The van der Waals surface area contributed by atoms with Crippen molar-refractivity contribution in [2.24, 2.45) is 0 Å². The van der Waals surface area contributed by atoms with Crippen molar-refractivity contribution in [3.63, 3.8) is 0 Å². The van der Waals surface area contributed by atoms with Gasteiger partial charge in [-0.25, -0.2) is 4.79 Å². The van der Waals surface area contributed by atoms with Crippen molar-refractivity contribution in [1.82, 2.24) is 9.55 Å². The van der Waals surface area contributed by atoms with Crippen molar-refractivity contribution in [3.8, 4) is 0 Å². The van der Waals surface area contributed by atoms with Crippen LogP contribution in [0.25, 0.3) is 0 Å². The monoisotopic (exact) mass is 576 g/mol. The van der Waals surface area contributed by atoms with Crippen LogP contribution in [0, 0.1) is 45.5 Å². The zero-order chi connectivity index (χ0) is 14.9. The molecule has 0 radical (unpaired) electrons. The van der Waals surface area contributed by atoms with Crippen LogP contribution in [-0.2, 0) is 13.8 Å². The summed E-state index contributed by atoms with van der Waals surface area (Å²) in [5, 5.41) is 9.78. The fourth-order valence-electron chi connectivity index (χ4n) is 1.97. The van der Waals surface area contributed by atoms with Crippen LogP contribution in [0.4, 0.5) is 0 Å². The third kappa shape index (κ3) is 6.21. The summed E-state index contributed by atoms with van der Waals surface area (Å²) in [4.78, 5) is 33.6. The Kier molecular flexibility index (Phi) is 11.3. The minimum atomic E-state index is -2.78. The molecule has 3 unspecified atom stereocenters. The van der Waals surface area contributed by atoms with Gasteiger partial charge in [0.15, 0.2) is 0 Å². The number of aromatic nitrogens is 2. The van der Waals surface area contributed by atoms with Gasteiger partial charge in [0.2, 0.25) is 0 Å². The number of aliphatic hydroxyl groups is 1. The van der Waals surface area contributed by atoms with Crippen molar-refractivity contribution in [2.75, 3.05) is 6.61 Å². The van der Waals surface area contributed by atoms with E-state index in [-0.39, 0.29) is 57.0 Å². The molecule has 0 aliphatic carbocycles. The molecule has 2 rings (SSSR count). The molecule has 0 amide bonds. The molecule has 2 heterocycles. The molecule has 0 saturated carbocycles. The van der Waals surface area contributed by atoms with Gasteiger partial charge in [-0.3, -0.25) is 14.3 Å². The molecular weight excluding hydrogens is 557 g/mol. The number of H-pyrrole nitrogens is 1. The second-order valence-electron chi connectivity index (χ2n) is 4.44. The zero-order valence-electron chi connectivity index (χ0n) is 12.6. The van der Waals surface area contributed by atoms with Crippen LogP contribution in [0.3, 0.4) is 0 Å². The standard InChI is InChI=1S/C10H13N2O7P.CH3.H2O.U/c1-5-3-12(10(15)11-9(5)14)8-2-6(13)7(19-8)4-18-20(16)17;;;/h3,6-8,13H,2,4H2,1H3,(H-,11,14,15,16,17);1H3;1H2;/q;-1;;/p+1/t6-,7?,8?;;;/m1.../s1. The van der Waals surface area contributed by atoms with Gasteiger partial charge in [0.25, 0.3) is 5.56 Å². The van der Waals surface area contributed by atoms with Crippen LogP contribution in [0.5, 0.6) is 0 Å². The minimum Gasteiger partial charge on any atom is -0.412 e. The van der Waals surface area contributed by atoms with E-state index in [1.165, 1.54) is 17.7 Å². The maximum absolute atomic E-state index is 11.7. The Bertz CT molecular complexity index is 633. The number of nitrogens with zero attached hydrogens (tertiary/aromatic N) is 1. The van der Waals surface area contributed by atoms with Gasteiger partial charge in [-0.05, 0) is 6.92 Å². The quantitative estimate of drug-likeness (QED) is 0.299. The molecule has 4 atom stereocenters. The number of rotatable bonds is 4. The number of hydrogen-bond donors (Lipinski definition) is 3. The molecule has 0 aromatic carbocycles. The average molecular weight is 576 g/mol. The van der Waals surface area contributed by atoms with Gasteiger partial charge in [0.1, 0.15) is 18.9 Å². The van der Waals surface area contributed by atoms with Gasteiger partial charge in [0, 0.05) is 53.9 Å². The summed E-state index contributed by atoms with van der Waals surface area (Å²) < 4.78 is 21.5. The second-order valence-corrected chi connectivity index (χ2v) is 5.18. The van der Waals surface area contributed by atoms with E-state index in [1.807, 2.05) is 0 Å². The van der Waals surface area contributed by atoms with Gasteiger partial charge < -0.3 is 22.7 Å². The van der Waals surface area contributed by atoms with E-state index in [0.717, 1.165) is 0 Å². The predicted octanol–water partition coefficient (Wildman–Crippen LogP) is -1.21. The number of aromatic amines is 1. The first-order valence-electron chi connectivity index (χ1n) is 5.83. The molecule has 1 aliphatic rings. The van der Waals surface area contributed by atoms with E-state index in [1.54, 1.807) is 0 Å². The molecule has 1 aliphatic heterocycles. The van der Waals surface area contributed by atoms with Crippen LogP contribution >= 0.6 is 8.25 Å². The van der Waals surface area contributed by atoms with Crippen molar-refractivity contribution >= 4 is 8.25 Å². The van der Waals surface area contributed by atoms with Crippen LogP contribution in [0.2, 0.25) is 0 Å². The smallest absolute Gasteiger partial charge is 0.412 e. The summed E-state index contributed by atoms with van der Waals surface area (Å²) in [7, 11) is -2.78. The van der Waals surface area contributed by atoms with Crippen molar-refractivity contribution in [3.05, 3.63) is 40.0 Å². The number of aliphatic hydroxyl groups excluding tert-OH is 1. The third-order valence-electron chi connectivity index (χ3n) is 3.01. The molecule has 12 heteroatoms. The Hall–Kier alpha value is -0.368. The van der Waals surface area contributed by atoms with Crippen LogP contribution < -0.4 is 11.2 Å². The SMILES string of the molecule is Cc1cn(C2C[C@@H](O)C(CO[P+](=O)O)O2)c(=O)[nH]c1=O.O.[CH3-].[U]. The Morgan fingerprint density at radius 3 is 2.70 bits per heavy atom. The third-order valence-corrected chi connectivity index (χ3v) is 3.38. The van der Waals surface area contributed by atoms with E-state index < -0.39 is 37.9 Å². The van der Waals surface area contributed by atoms with E-state index in [0.29, 0.717) is 5.56 Å². The van der Waals surface area contributed by atoms with Crippen LogP contribution in [0.1, 0.15) is 18.2 Å². The molecule has 130 valence electrons. The molecule has 5 N–H and O–H groups in total. The fourth-order valence-corrected chi connectivity index (χ4v) is 2.25. The Labute approximate surface area is 156 Å². The molecule has 1 saturated heterocycles. The van der Waals surface area contributed by atoms with Crippen LogP contribution in [-0.4, -0.2) is 43.8 Å². The maximum atomic E-state index is 11.7. The second kappa shape index (κ2) is 10.5. The molecule has 0 bridgehead atoms. The van der Waals surface area contributed by atoms with Crippen molar-refractivity contribution in [1.29, 1.82) is 0 Å². The molecule has 0 spiro atoms. The summed E-state index contributed by atoms with van der Waals surface area (Å²) in [5.41, 5.74) is -0.796. The summed E-state index contributed by atoms with van der Waals surface area (Å²) in [5.74, 6) is 0. The number of hydrogen-bond acceptors (Lipinski definition) is 6. The first kappa shape index (κ1) is 24.9. The van der Waals surface area contributed by atoms with Gasteiger partial charge >= 0.3 is 13.9 Å². The maximum Gasteiger partial charge on any atom is 0.694 e. The van der Waals surface area contributed by atoms with Gasteiger partial charge in [0.05, 0.1) is 6.10 Å². The molecular formula is C11H19N2O8PU. The van der Waals surface area contributed by atoms with Gasteiger partial charge in [-0.15, -0.1) is 9.42 Å². The Morgan fingerprint density at radius 1 is 1.52 bits per heavy atom. The largest absolute Gasteiger partial charge is 0.694 e. The van der Waals surface area contributed by atoms with Crippen molar-refractivity contribution < 1.29 is 60.4 Å². The summed E-state index contributed by atoms with van der Waals surface area (Å²) in [6.07, 6.45) is -1.06. The molecule has 1 aromatic heterocycles. The Morgan fingerprint density at radius 2 is 2.13 bits per heavy atom. The summed E-state index contributed by atoms with van der Waals surface area (Å²) in [6, 6.07) is 0. The average Bonchev–Trinajstić information content (AvgIpc) is 2.72. The molecule has 1 fully saturated rings. The van der Waals surface area contributed by atoms with Gasteiger partial charge in [-0.1, -0.05) is 0 Å². The van der Waals surface area contributed by atoms with E-state index in [2.05, 4.69) is 9.51 Å².